The number of carbonyl (C=O) groups excluding carboxylic acids is 1. The van der Waals surface area contributed by atoms with Crippen LogP contribution < -0.4 is 11.1 Å². The minimum Gasteiger partial charge on any atom is -0.435 e. The van der Waals surface area contributed by atoms with E-state index in [2.05, 4.69) is 10.3 Å². The van der Waals surface area contributed by atoms with Gasteiger partial charge in [0.15, 0.2) is 11.1 Å². The Kier molecular flexibility index (Phi) is 4.20. The first-order valence-corrected chi connectivity index (χ1v) is 6.83. The molecular weight excluding hydrogens is 268 g/mol. The first kappa shape index (κ1) is 13.6. The van der Waals surface area contributed by atoms with Crippen LogP contribution in [0, 0.1) is 5.41 Å². The summed E-state index contributed by atoms with van der Waals surface area (Å²) >= 11 is 1.43. The van der Waals surface area contributed by atoms with Gasteiger partial charge >= 0.3 is 6.16 Å². The SMILES string of the molecule is CCOC(=O)OC1CCc2nc(NC(=N)N)sc2C1. The highest BCUT2D eigenvalue weighted by molar-refractivity contribution is 7.15. The number of hydrogen-bond donors (Lipinski definition) is 3. The van der Waals surface area contributed by atoms with Gasteiger partial charge in [0, 0.05) is 11.3 Å². The van der Waals surface area contributed by atoms with Crippen LogP contribution in [-0.4, -0.2) is 29.8 Å². The van der Waals surface area contributed by atoms with Gasteiger partial charge in [-0.05, 0) is 19.8 Å². The maximum absolute atomic E-state index is 11.3. The van der Waals surface area contributed by atoms with Gasteiger partial charge in [-0.25, -0.2) is 9.78 Å². The van der Waals surface area contributed by atoms with Crippen LogP contribution in [0.5, 0.6) is 0 Å². The summed E-state index contributed by atoms with van der Waals surface area (Å²) in [6.07, 6.45) is 1.32. The zero-order valence-corrected chi connectivity index (χ0v) is 11.4. The van der Waals surface area contributed by atoms with Gasteiger partial charge in [-0.3, -0.25) is 5.41 Å². The van der Waals surface area contributed by atoms with Crippen LogP contribution in [-0.2, 0) is 22.3 Å². The average Bonchev–Trinajstić information content (AvgIpc) is 2.69. The number of carbonyl (C=O) groups is 1. The largest absolute Gasteiger partial charge is 0.508 e. The Morgan fingerprint density at radius 2 is 2.47 bits per heavy atom. The summed E-state index contributed by atoms with van der Waals surface area (Å²) in [5.74, 6) is -0.134. The molecule has 2 rings (SSSR count). The molecular formula is C11H16N4O3S. The first-order valence-electron chi connectivity index (χ1n) is 6.01. The van der Waals surface area contributed by atoms with Gasteiger partial charge in [0.05, 0.1) is 12.3 Å². The van der Waals surface area contributed by atoms with E-state index >= 15 is 0 Å². The van der Waals surface area contributed by atoms with Crippen LogP contribution in [0.4, 0.5) is 9.93 Å². The van der Waals surface area contributed by atoms with Crippen LogP contribution in [0.15, 0.2) is 0 Å². The Morgan fingerprint density at radius 1 is 1.68 bits per heavy atom. The second-order valence-electron chi connectivity index (χ2n) is 4.09. The molecule has 4 N–H and O–H groups in total. The minimum absolute atomic E-state index is 0.134. The predicted octanol–water partition coefficient (Wildman–Crippen LogP) is 1.48. The average molecular weight is 284 g/mol. The maximum Gasteiger partial charge on any atom is 0.508 e. The van der Waals surface area contributed by atoms with Crippen molar-refractivity contribution in [3.63, 3.8) is 0 Å². The van der Waals surface area contributed by atoms with Gasteiger partial charge < -0.3 is 20.5 Å². The third-order valence-corrected chi connectivity index (χ3v) is 3.70. The van der Waals surface area contributed by atoms with Crippen molar-refractivity contribution in [3.05, 3.63) is 10.6 Å². The number of aryl methyl sites for hydroxylation is 1. The number of ether oxygens (including phenoxy) is 2. The van der Waals surface area contributed by atoms with E-state index in [-0.39, 0.29) is 12.1 Å². The van der Waals surface area contributed by atoms with Crippen molar-refractivity contribution in [3.8, 4) is 0 Å². The van der Waals surface area contributed by atoms with Crippen molar-refractivity contribution in [1.82, 2.24) is 4.98 Å². The van der Waals surface area contributed by atoms with Gasteiger partial charge in [0.1, 0.15) is 6.10 Å². The quantitative estimate of drug-likeness (QED) is 0.440. The number of nitrogens with two attached hydrogens (primary N) is 1. The predicted molar refractivity (Wildman–Crippen MR) is 71.6 cm³/mol. The molecule has 7 nitrogen and oxygen atoms in total. The summed E-state index contributed by atoms with van der Waals surface area (Å²) in [7, 11) is 0. The van der Waals surface area contributed by atoms with Gasteiger partial charge in [-0.2, -0.15) is 0 Å². The van der Waals surface area contributed by atoms with Gasteiger partial charge in [-0.15, -0.1) is 11.3 Å². The lowest BCUT2D eigenvalue weighted by molar-refractivity contribution is 0.0221. The molecule has 0 spiro atoms. The van der Waals surface area contributed by atoms with Gasteiger partial charge in [0.25, 0.3) is 0 Å². The molecule has 1 heterocycles. The Balaban J connectivity index is 1.97. The van der Waals surface area contributed by atoms with E-state index in [1.165, 1.54) is 11.3 Å². The lowest BCUT2D eigenvalue weighted by Gasteiger charge is -2.20. The molecule has 1 unspecified atom stereocenters. The number of thiazole rings is 1. The van der Waals surface area contributed by atoms with Crippen LogP contribution >= 0.6 is 11.3 Å². The lowest BCUT2D eigenvalue weighted by atomic mass is 10.0. The Labute approximate surface area is 114 Å². The highest BCUT2D eigenvalue weighted by Crippen LogP contribution is 2.30. The van der Waals surface area contributed by atoms with Crippen LogP contribution in [0.1, 0.15) is 23.9 Å². The highest BCUT2D eigenvalue weighted by Gasteiger charge is 2.25. The smallest absolute Gasteiger partial charge is 0.435 e. The third-order valence-electron chi connectivity index (χ3n) is 2.66. The number of rotatable bonds is 3. The number of nitrogens with zero attached hydrogens (tertiary/aromatic N) is 1. The molecule has 0 saturated carbocycles. The van der Waals surface area contributed by atoms with Crippen molar-refractivity contribution in [1.29, 1.82) is 5.41 Å². The molecule has 0 radical (unpaired) electrons. The lowest BCUT2D eigenvalue weighted by Crippen LogP contribution is -2.25. The summed E-state index contributed by atoms with van der Waals surface area (Å²) in [4.78, 5) is 16.7. The molecule has 1 aromatic heterocycles. The number of anilines is 1. The zero-order valence-electron chi connectivity index (χ0n) is 10.6. The molecule has 1 atom stereocenters. The fraction of sp³-hybridized carbons (Fsp3) is 0.545. The molecule has 1 aromatic rings. The third kappa shape index (κ3) is 3.57. The van der Waals surface area contributed by atoms with Crippen LogP contribution in [0.25, 0.3) is 0 Å². The molecule has 0 amide bonds. The van der Waals surface area contributed by atoms with Crippen molar-refractivity contribution in [2.45, 2.75) is 32.3 Å². The molecule has 0 fully saturated rings. The van der Waals surface area contributed by atoms with Gasteiger partial charge in [0.2, 0.25) is 0 Å². The Hall–Kier alpha value is -1.83. The fourth-order valence-corrected chi connectivity index (χ4v) is 2.99. The molecule has 0 saturated heterocycles. The van der Waals surface area contributed by atoms with E-state index in [9.17, 15) is 4.79 Å². The number of fused-ring (bicyclic) bond motifs is 1. The zero-order chi connectivity index (χ0) is 13.8. The van der Waals surface area contributed by atoms with Gasteiger partial charge in [-0.1, -0.05) is 0 Å². The minimum atomic E-state index is -0.623. The first-order chi connectivity index (χ1) is 9.08. The van der Waals surface area contributed by atoms with Crippen molar-refractivity contribution >= 4 is 28.6 Å². The highest BCUT2D eigenvalue weighted by atomic mass is 32.1. The van der Waals surface area contributed by atoms with Crippen molar-refractivity contribution < 1.29 is 14.3 Å². The molecule has 0 bridgehead atoms. The summed E-state index contributed by atoms with van der Waals surface area (Å²) in [6, 6.07) is 0. The van der Waals surface area contributed by atoms with E-state index in [0.29, 0.717) is 18.2 Å². The Bertz CT molecular complexity index is 488. The van der Waals surface area contributed by atoms with Crippen LogP contribution in [0.2, 0.25) is 0 Å². The monoisotopic (exact) mass is 284 g/mol. The maximum atomic E-state index is 11.3. The normalized spacial score (nSPS) is 17.4. The standard InChI is InChI=1S/C11H16N4O3S/c1-2-17-11(16)18-6-3-4-7-8(5-6)19-10(14-7)15-9(12)13/h6H,2-5H2,1H3,(H4,12,13,14,15). The molecule has 0 aromatic carbocycles. The summed E-state index contributed by atoms with van der Waals surface area (Å²) in [5, 5.41) is 10.4. The van der Waals surface area contributed by atoms with E-state index in [1.807, 2.05) is 0 Å². The van der Waals surface area contributed by atoms with E-state index in [0.717, 1.165) is 23.4 Å². The molecule has 104 valence electrons. The second kappa shape index (κ2) is 5.87. The number of guanidine groups is 1. The summed E-state index contributed by atoms with van der Waals surface area (Å²) in [5.41, 5.74) is 6.25. The van der Waals surface area contributed by atoms with E-state index in [1.54, 1.807) is 6.92 Å². The van der Waals surface area contributed by atoms with E-state index in [4.69, 9.17) is 20.6 Å². The fourth-order valence-electron chi connectivity index (χ4n) is 1.90. The topological polar surface area (TPSA) is 110 Å². The summed E-state index contributed by atoms with van der Waals surface area (Å²) in [6.45, 7) is 2.05. The van der Waals surface area contributed by atoms with Crippen molar-refractivity contribution in [2.24, 2.45) is 5.73 Å². The molecule has 8 heteroatoms. The van der Waals surface area contributed by atoms with E-state index < -0.39 is 6.16 Å². The molecule has 1 aliphatic rings. The van der Waals surface area contributed by atoms with Crippen molar-refractivity contribution in [2.75, 3.05) is 11.9 Å². The summed E-state index contributed by atoms with van der Waals surface area (Å²) < 4.78 is 9.97. The Morgan fingerprint density at radius 3 is 3.16 bits per heavy atom. The number of hydrogen-bond acceptors (Lipinski definition) is 6. The molecule has 1 aliphatic carbocycles. The van der Waals surface area contributed by atoms with Crippen LogP contribution in [0.3, 0.4) is 0 Å². The second-order valence-corrected chi connectivity index (χ2v) is 5.18. The molecule has 19 heavy (non-hydrogen) atoms. The number of nitrogens with one attached hydrogen (secondary N) is 2. The number of aromatic nitrogens is 1. The molecule has 0 aliphatic heterocycles.